The molecule has 0 radical (unpaired) electrons. The molecule has 2 N–H and O–H groups in total. The second-order valence-corrected chi connectivity index (χ2v) is 4.53. The van der Waals surface area contributed by atoms with Crippen molar-refractivity contribution < 1.29 is 14.3 Å². The molecule has 17 heavy (non-hydrogen) atoms. The summed E-state index contributed by atoms with van der Waals surface area (Å²) in [5.41, 5.74) is 0.621. The van der Waals surface area contributed by atoms with Crippen molar-refractivity contribution in [2.24, 2.45) is 0 Å². The Bertz CT molecular complexity index is 541. The summed E-state index contributed by atoms with van der Waals surface area (Å²) in [6.45, 7) is 0.522. The Balaban J connectivity index is 2.00. The summed E-state index contributed by atoms with van der Waals surface area (Å²) in [7, 11) is 0. The summed E-state index contributed by atoms with van der Waals surface area (Å²) >= 11 is 1.24. The van der Waals surface area contributed by atoms with Gasteiger partial charge in [0, 0.05) is 13.0 Å². The second-order valence-electron chi connectivity index (χ2n) is 3.53. The van der Waals surface area contributed by atoms with Gasteiger partial charge in [0.05, 0.1) is 10.2 Å². The Morgan fingerprint density at radius 2 is 2.35 bits per heavy atom. The zero-order valence-corrected chi connectivity index (χ0v) is 9.76. The van der Waals surface area contributed by atoms with Crippen LogP contribution in [0.1, 0.15) is 12.8 Å². The highest BCUT2D eigenvalue weighted by molar-refractivity contribution is 7.22. The Morgan fingerprint density at radius 3 is 3.06 bits per heavy atom. The molecule has 1 aromatic carbocycles. The standard InChI is InChI=1S/C11H11FN2O2S/c12-7-3-1-4-8-10(7)17-11(14-8)13-6-2-5-9(15)16/h1,3-4H,2,5-6H2,(H,13,14)(H,15,16). The lowest BCUT2D eigenvalue weighted by Gasteiger charge is -1.99. The first-order chi connectivity index (χ1) is 8.16. The number of anilines is 1. The second kappa shape index (κ2) is 5.09. The number of nitrogens with one attached hydrogen (secondary N) is 1. The first kappa shape index (κ1) is 11.8. The lowest BCUT2D eigenvalue weighted by atomic mass is 10.3. The molecule has 0 aliphatic rings. The van der Waals surface area contributed by atoms with Crippen LogP contribution >= 0.6 is 11.3 Å². The Morgan fingerprint density at radius 1 is 1.53 bits per heavy atom. The third-order valence-electron chi connectivity index (χ3n) is 2.21. The van der Waals surface area contributed by atoms with Crippen LogP contribution in [0.3, 0.4) is 0 Å². The average Bonchev–Trinajstić information content (AvgIpc) is 2.69. The van der Waals surface area contributed by atoms with E-state index in [-0.39, 0.29) is 12.2 Å². The number of carboxylic acids is 1. The molecular weight excluding hydrogens is 243 g/mol. The largest absolute Gasteiger partial charge is 0.481 e. The van der Waals surface area contributed by atoms with Crippen LogP contribution in [0.25, 0.3) is 10.2 Å². The molecule has 90 valence electrons. The van der Waals surface area contributed by atoms with Crippen molar-refractivity contribution in [3.05, 3.63) is 24.0 Å². The normalized spacial score (nSPS) is 10.6. The van der Waals surface area contributed by atoms with Crippen LogP contribution in [0.4, 0.5) is 9.52 Å². The smallest absolute Gasteiger partial charge is 0.303 e. The molecule has 2 rings (SSSR count). The highest BCUT2D eigenvalue weighted by Gasteiger charge is 2.07. The molecule has 1 heterocycles. The average molecular weight is 254 g/mol. The number of nitrogens with zero attached hydrogens (tertiary/aromatic N) is 1. The summed E-state index contributed by atoms with van der Waals surface area (Å²) in [5.74, 6) is -1.10. The van der Waals surface area contributed by atoms with Crippen LogP contribution in [-0.2, 0) is 4.79 Å². The van der Waals surface area contributed by atoms with Gasteiger partial charge >= 0.3 is 5.97 Å². The van der Waals surface area contributed by atoms with Crippen molar-refractivity contribution in [1.82, 2.24) is 4.98 Å². The van der Waals surface area contributed by atoms with Crippen molar-refractivity contribution >= 4 is 32.7 Å². The summed E-state index contributed by atoms with van der Waals surface area (Å²) in [5, 5.41) is 12.1. The van der Waals surface area contributed by atoms with Gasteiger partial charge < -0.3 is 10.4 Å². The molecule has 6 heteroatoms. The highest BCUT2D eigenvalue weighted by Crippen LogP contribution is 2.27. The molecule has 0 aliphatic carbocycles. The third kappa shape index (κ3) is 2.91. The number of fused-ring (bicyclic) bond motifs is 1. The monoisotopic (exact) mass is 254 g/mol. The van der Waals surface area contributed by atoms with Gasteiger partial charge in [-0.25, -0.2) is 9.37 Å². The fourth-order valence-electron chi connectivity index (χ4n) is 1.43. The predicted octanol–water partition coefficient (Wildman–Crippen LogP) is 2.71. The molecule has 0 saturated heterocycles. The van der Waals surface area contributed by atoms with Gasteiger partial charge in [-0.2, -0.15) is 0 Å². The molecule has 0 saturated carbocycles. The Labute approximate surface area is 101 Å². The van der Waals surface area contributed by atoms with E-state index < -0.39 is 5.97 Å². The Kier molecular flexibility index (Phi) is 3.53. The lowest BCUT2D eigenvalue weighted by Crippen LogP contribution is -2.04. The molecule has 2 aromatic rings. The van der Waals surface area contributed by atoms with Crippen molar-refractivity contribution in [3.63, 3.8) is 0 Å². The van der Waals surface area contributed by atoms with Crippen LogP contribution in [0.15, 0.2) is 18.2 Å². The molecule has 0 aliphatic heterocycles. The number of rotatable bonds is 5. The zero-order chi connectivity index (χ0) is 12.3. The van der Waals surface area contributed by atoms with E-state index in [1.807, 2.05) is 0 Å². The first-order valence-electron chi connectivity index (χ1n) is 5.17. The summed E-state index contributed by atoms with van der Waals surface area (Å²) in [6, 6.07) is 4.76. The predicted molar refractivity (Wildman–Crippen MR) is 64.9 cm³/mol. The first-order valence-corrected chi connectivity index (χ1v) is 5.99. The van der Waals surface area contributed by atoms with E-state index in [0.29, 0.717) is 28.3 Å². The van der Waals surface area contributed by atoms with Crippen LogP contribution in [0, 0.1) is 5.82 Å². The molecule has 0 spiro atoms. The summed E-state index contributed by atoms with van der Waals surface area (Å²) < 4.78 is 13.9. The minimum atomic E-state index is -0.817. The summed E-state index contributed by atoms with van der Waals surface area (Å²) in [6.07, 6.45) is 0.639. The molecule has 0 fully saturated rings. The van der Waals surface area contributed by atoms with Gasteiger partial charge in [0.1, 0.15) is 5.82 Å². The van der Waals surface area contributed by atoms with Gasteiger partial charge in [0.2, 0.25) is 0 Å². The van der Waals surface area contributed by atoms with Crippen molar-refractivity contribution in [1.29, 1.82) is 0 Å². The molecule has 1 aromatic heterocycles. The number of hydrogen-bond donors (Lipinski definition) is 2. The zero-order valence-electron chi connectivity index (χ0n) is 8.94. The fourth-order valence-corrected chi connectivity index (χ4v) is 2.32. The van der Waals surface area contributed by atoms with Crippen LogP contribution in [0.2, 0.25) is 0 Å². The van der Waals surface area contributed by atoms with E-state index in [1.54, 1.807) is 12.1 Å². The lowest BCUT2D eigenvalue weighted by molar-refractivity contribution is -0.137. The van der Waals surface area contributed by atoms with Crippen LogP contribution in [0.5, 0.6) is 0 Å². The van der Waals surface area contributed by atoms with E-state index in [0.717, 1.165) is 0 Å². The number of halogens is 1. The number of carbonyl (C=O) groups is 1. The highest BCUT2D eigenvalue weighted by atomic mass is 32.1. The SMILES string of the molecule is O=C(O)CCCNc1nc2cccc(F)c2s1. The van der Waals surface area contributed by atoms with Crippen molar-refractivity contribution in [2.45, 2.75) is 12.8 Å². The fraction of sp³-hybridized carbons (Fsp3) is 0.273. The molecule has 0 amide bonds. The maximum Gasteiger partial charge on any atom is 0.303 e. The number of aliphatic carboxylic acids is 1. The maximum atomic E-state index is 13.4. The van der Waals surface area contributed by atoms with Gasteiger partial charge in [-0.05, 0) is 18.6 Å². The number of hydrogen-bond acceptors (Lipinski definition) is 4. The number of benzene rings is 1. The molecule has 0 atom stereocenters. The van der Waals surface area contributed by atoms with Crippen molar-refractivity contribution in [3.8, 4) is 0 Å². The van der Waals surface area contributed by atoms with Gasteiger partial charge in [-0.15, -0.1) is 0 Å². The summed E-state index contributed by atoms with van der Waals surface area (Å²) in [4.78, 5) is 14.5. The van der Waals surface area contributed by atoms with Crippen molar-refractivity contribution in [2.75, 3.05) is 11.9 Å². The molecule has 0 bridgehead atoms. The van der Waals surface area contributed by atoms with Gasteiger partial charge in [-0.1, -0.05) is 17.4 Å². The minimum Gasteiger partial charge on any atom is -0.481 e. The van der Waals surface area contributed by atoms with Crippen LogP contribution < -0.4 is 5.32 Å². The minimum absolute atomic E-state index is 0.117. The number of aromatic nitrogens is 1. The van der Waals surface area contributed by atoms with E-state index in [2.05, 4.69) is 10.3 Å². The molecule has 0 unspecified atom stereocenters. The van der Waals surface area contributed by atoms with Gasteiger partial charge in [0.15, 0.2) is 5.13 Å². The van der Waals surface area contributed by atoms with E-state index >= 15 is 0 Å². The third-order valence-corrected chi connectivity index (χ3v) is 3.25. The van der Waals surface area contributed by atoms with Gasteiger partial charge in [0.25, 0.3) is 0 Å². The number of carboxylic acid groups (broad SMARTS) is 1. The topological polar surface area (TPSA) is 62.2 Å². The maximum absolute atomic E-state index is 13.4. The molecular formula is C11H11FN2O2S. The quantitative estimate of drug-likeness (QED) is 0.805. The van der Waals surface area contributed by atoms with Crippen LogP contribution in [-0.4, -0.2) is 22.6 Å². The van der Waals surface area contributed by atoms with E-state index in [1.165, 1.54) is 17.4 Å². The Hall–Kier alpha value is -1.69. The van der Waals surface area contributed by atoms with E-state index in [9.17, 15) is 9.18 Å². The van der Waals surface area contributed by atoms with Gasteiger partial charge in [-0.3, -0.25) is 4.79 Å². The number of thiazole rings is 1. The molecule has 4 nitrogen and oxygen atoms in total. The van der Waals surface area contributed by atoms with E-state index in [4.69, 9.17) is 5.11 Å².